The molecule has 0 radical (unpaired) electrons. The van der Waals surface area contributed by atoms with Crippen LogP contribution in [0.4, 0.5) is 0 Å². The maximum atomic E-state index is 11.3. The van der Waals surface area contributed by atoms with Crippen molar-refractivity contribution >= 4 is 16.7 Å². The number of aromatic carboxylic acids is 1. The molecule has 1 aromatic heterocycles. The number of aromatic nitrogens is 1. The van der Waals surface area contributed by atoms with Crippen molar-refractivity contribution in [1.29, 1.82) is 0 Å². The molecule has 2 aromatic carbocycles. The van der Waals surface area contributed by atoms with Gasteiger partial charge in [-0.05, 0) is 35.4 Å². The average molecular weight is 263 g/mol. The van der Waals surface area contributed by atoms with Gasteiger partial charge in [-0.15, -0.1) is 0 Å². The van der Waals surface area contributed by atoms with E-state index in [1.165, 1.54) is 0 Å². The number of fused-ring (bicyclic) bond motifs is 1. The van der Waals surface area contributed by atoms with E-state index in [2.05, 4.69) is 4.98 Å². The highest BCUT2D eigenvalue weighted by Crippen LogP contribution is 2.29. The molecule has 3 aromatic rings. The van der Waals surface area contributed by atoms with Gasteiger partial charge in [0.1, 0.15) is 0 Å². The van der Waals surface area contributed by atoms with Crippen LogP contribution in [-0.2, 0) is 0 Å². The molecule has 0 aliphatic heterocycles. The van der Waals surface area contributed by atoms with Crippen LogP contribution in [0.15, 0.2) is 54.7 Å². The summed E-state index contributed by atoms with van der Waals surface area (Å²) in [7, 11) is 0. The third-order valence-corrected chi connectivity index (χ3v) is 3.34. The molecule has 0 atom stereocenters. The largest absolute Gasteiger partial charge is 0.478 e. The van der Waals surface area contributed by atoms with E-state index < -0.39 is 5.97 Å². The van der Waals surface area contributed by atoms with Crippen molar-refractivity contribution in [2.24, 2.45) is 0 Å². The predicted molar refractivity (Wildman–Crippen MR) is 78.9 cm³/mol. The number of hydrogen-bond donors (Lipinski definition) is 1. The molecule has 0 bridgehead atoms. The number of hydrogen-bond acceptors (Lipinski definition) is 2. The molecule has 1 N–H and O–H groups in total. The molecule has 0 saturated heterocycles. The van der Waals surface area contributed by atoms with E-state index in [1.807, 2.05) is 49.5 Å². The molecule has 0 unspecified atom stereocenters. The van der Waals surface area contributed by atoms with E-state index >= 15 is 0 Å². The Labute approximate surface area is 116 Å². The summed E-state index contributed by atoms with van der Waals surface area (Å²) in [6.45, 7) is 1.99. The summed E-state index contributed by atoms with van der Waals surface area (Å²) in [5.41, 5.74) is 3.21. The van der Waals surface area contributed by atoms with Gasteiger partial charge in [-0.2, -0.15) is 0 Å². The normalized spacial score (nSPS) is 10.7. The Balaban J connectivity index is 2.30. The minimum atomic E-state index is -0.912. The summed E-state index contributed by atoms with van der Waals surface area (Å²) in [5, 5.41) is 10.9. The summed E-state index contributed by atoms with van der Waals surface area (Å²) in [4.78, 5) is 15.7. The molecule has 0 aliphatic carbocycles. The van der Waals surface area contributed by atoms with E-state index in [-0.39, 0.29) is 0 Å². The van der Waals surface area contributed by atoms with Gasteiger partial charge in [0.25, 0.3) is 0 Å². The fourth-order valence-corrected chi connectivity index (χ4v) is 2.35. The second-order valence-electron chi connectivity index (χ2n) is 4.73. The molecule has 0 amide bonds. The number of carboxylic acid groups (broad SMARTS) is 1. The SMILES string of the molecule is Cc1ccc(-c2cccc3c(C(=O)O)cccc23)nc1. The van der Waals surface area contributed by atoms with Crippen molar-refractivity contribution in [1.82, 2.24) is 4.98 Å². The van der Waals surface area contributed by atoms with Crippen molar-refractivity contribution in [2.75, 3.05) is 0 Å². The van der Waals surface area contributed by atoms with Crippen molar-refractivity contribution in [3.05, 3.63) is 65.9 Å². The van der Waals surface area contributed by atoms with Gasteiger partial charge >= 0.3 is 5.97 Å². The Morgan fingerprint density at radius 2 is 1.75 bits per heavy atom. The Bertz CT molecular complexity index is 792. The van der Waals surface area contributed by atoms with Crippen molar-refractivity contribution in [2.45, 2.75) is 6.92 Å². The number of carboxylic acids is 1. The van der Waals surface area contributed by atoms with Crippen LogP contribution in [0.5, 0.6) is 0 Å². The molecule has 20 heavy (non-hydrogen) atoms. The predicted octanol–water partition coefficient (Wildman–Crippen LogP) is 3.91. The highest BCUT2D eigenvalue weighted by atomic mass is 16.4. The maximum absolute atomic E-state index is 11.3. The van der Waals surface area contributed by atoms with Gasteiger partial charge in [-0.25, -0.2) is 4.79 Å². The van der Waals surface area contributed by atoms with Gasteiger partial charge in [0.2, 0.25) is 0 Å². The lowest BCUT2D eigenvalue weighted by Crippen LogP contribution is -1.97. The van der Waals surface area contributed by atoms with Crippen molar-refractivity contribution in [3.63, 3.8) is 0 Å². The van der Waals surface area contributed by atoms with E-state index in [9.17, 15) is 9.90 Å². The van der Waals surface area contributed by atoms with Gasteiger partial charge < -0.3 is 5.11 Å². The molecule has 1 heterocycles. The zero-order valence-electron chi connectivity index (χ0n) is 11.0. The van der Waals surface area contributed by atoms with Crippen LogP contribution in [0.25, 0.3) is 22.0 Å². The molecule has 0 saturated carbocycles. The molecular weight excluding hydrogens is 250 g/mol. The lowest BCUT2D eigenvalue weighted by molar-refractivity contribution is 0.0699. The summed E-state index contributed by atoms with van der Waals surface area (Å²) < 4.78 is 0. The molecule has 0 fully saturated rings. The fourth-order valence-electron chi connectivity index (χ4n) is 2.35. The lowest BCUT2D eigenvalue weighted by atomic mass is 9.98. The first-order valence-electron chi connectivity index (χ1n) is 6.35. The Hall–Kier alpha value is -2.68. The number of rotatable bonds is 2. The monoisotopic (exact) mass is 263 g/mol. The van der Waals surface area contributed by atoms with Crippen LogP contribution in [0.2, 0.25) is 0 Å². The number of nitrogens with zero attached hydrogens (tertiary/aromatic N) is 1. The number of aryl methyl sites for hydroxylation is 1. The number of pyridine rings is 1. The van der Waals surface area contributed by atoms with E-state index in [0.29, 0.717) is 5.56 Å². The van der Waals surface area contributed by atoms with Gasteiger partial charge in [0.05, 0.1) is 11.3 Å². The van der Waals surface area contributed by atoms with Crippen LogP contribution in [-0.4, -0.2) is 16.1 Å². The van der Waals surface area contributed by atoms with Crippen LogP contribution >= 0.6 is 0 Å². The molecule has 3 rings (SSSR count). The highest BCUT2D eigenvalue weighted by molar-refractivity contribution is 6.07. The zero-order valence-corrected chi connectivity index (χ0v) is 11.0. The quantitative estimate of drug-likeness (QED) is 0.762. The Morgan fingerprint density at radius 3 is 2.45 bits per heavy atom. The fraction of sp³-hybridized carbons (Fsp3) is 0.0588. The van der Waals surface area contributed by atoms with Gasteiger partial charge in [0, 0.05) is 11.8 Å². The average Bonchev–Trinajstić information content (AvgIpc) is 2.47. The van der Waals surface area contributed by atoms with Crippen LogP contribution in [0, 0.1) is 6.92 Å². The summed E-state index contributed by atoms with van der Waals surface area (Å²) in [6, 6.07) is 14.9. The summed E-state index contributed by atoms with van der Waals surface area (Å²) in [6.07, 6.45) is 1.81. The lowest BCUT2D eigenvalue weighted by Gasteiger charge is -2.08. The zero-order chi connectivity index (χ0) is 14.1. The van der Waals surface area contributed by atoms with Gasteiger partial charge in [-0.3, -0.25) is 4.98 Å². The van der Waals surface area contributed by atoms with Crippen LogP contribution < -0.4 is 0 Å². The van der Waals surface area contributed by atoms with Crippen LogP contribution in [0.3, 0.4) is 0 Å². The summed E-state index contributed by atoms with van der Waals surface area (Å²) in [5.74, 6) is -0.912. The standard InChI is InChI=1S/C17H13NO2/c1-11-8-9-16(18-10-11)14-6-2-5-13-12(14)4-3-7-15(13)17(19)20/h2-10H,1H3,(H,19,20). The Morgan fingerprint density at radius 1 is 1.00 bits per heavy atom. The van der Waals surface area contributed by atoms with E-state index in [0.717, 1.165) is 27.6 Å². The van der Waals surface area contributed by atoms with Crippen LogP contribution in [0.1, 0.15) is 15.9 Å². The first-order valence-corrected chi connectivity index (χ1v) is 6.35. The maximum Gasteiger partial charge on any atom is 0.336 e. The van der Waals surface area contributed by atoms with Crippen molar-refractivity contribution < 1.29 is 9.90 Å². The second kappa shape index (κ2) is 4.78. The molecular formula is C17H13NO2. The molecule has 3 nitrogen and oxygen atoms in total. The molecule has 3 heteroatoms. The second-order valence-corrected chi connectivity index (χ2v) is 4.73. The topological polar surface area (TPSA) is 50.2 Å². The summed E-state index contributed by atoms with van der Waals surface area (Å²) >= 11 is 0. The molecule has 98 valence electrons. The minimum Gasteiger partial charge on any atom is -0.478 e. The van der Waals surface area contributed by atoms with Gasteiger partial charge in [-0.1, -0.05) is 36.4 Å². The van der Waals surface area contributed by atoms with E-state index in [1.54, 1.807) is 12.1 Å². The van der Waals surface area contributed by atoms with E-state index in [4.69, 9.17) is 0 Å². The first kappa shape index (κ1) is 12.4. The molecule has 0 aliphatic rings. The molecule has 0 spiro atoms. The Kier molecular flexibility index (Phi) is 2.95. The number of carbonyl (C=O) groups is 1. The van der Waals surface area contributed by atoms with Gasteiger partial charge in [0.15, 0.2) is 0 Å². The number of benzene rings is 2. The first-order chi connectivity index (χ1) is 9.66. The van der Waals surface area contributed by atoms with Crippen molar-refractivity contribution in [3.8, 4) is 11.3 Å². The highest BCUT2D eigenvalue weighted by Gasteiger charge is 2.11. The minimum absolute atomic E-state index is 0.316. The third-order valence-electron chi connectivity index (χ3n) is 3.34. The smallest absolute Gasteiger partial charge is 0.336 e. The third kappa shape index (κ3) is 2.03.